The van der Waals surface area contributed by atoms with Crippen LogP contribution >= 0.6 is 0 Å². The molecule has 0 spiro atoms. The molecule has 0 saturated carbocycles. The molecule has 2 saturated heterocycles. The third-order valence-corrected chi connectivity index (χ3v) is 7.43. The van der Waals surface area contributed by atoms with Gasteiger partial charge >= 0.3 is 0 Å². The van der Waals surface area contributed by atoms with Crippen molar-refractivity contribution < 1.29 is 19.7 Å². The molecule has 41 heavy (non-hydrogen) atoms. The van der Waals surface area contributed by atoms with Crippen LogP contribution in [0, 0.1) is 0 Å². The van der Waals surface area contributed by atoms with Crippen LogP contribution < -0.4 is 33.2 Å². The molecule has 18 heteroatoms. The average Bonchev–Trinajstić information content (AvgIpc) is 3.67. The van der Waals surface area contributed by atoms with E-state index in [0.717, 1.165) is 0 Å². The molecular weight excluding hydrogens is 540 g/mol. The number of aliphatic hydroxyl groups is 2. The summed E-state index contributed by atoms with van der Waals surface area (Å²) in [7, 11) is 0. The van der Waals surface area contributed by atoms with Crippen molar-refractivity contribution in [3.8, 4) is 0 Å². The van der Waals surface area contributed by atoms with E-state index in [1.54, 1.807) is 9.13 Å². The number of nitrogens with zero attached hydrogens (tertiary/aromatic N) is 6. The van der Waals surface area contributed by atoms with Crippen LogP contribution in [-0.2, 0) is 9.47 Å². The zero-order valence-electron chi connectivity index (χ0n) is 22.3. The Hall–Kier alpha value is -3.94. The monoisotopic (exact) mass is 572 g/mol. The van der Waals surface area contributed by atoms with E-state index in [9.17, 15) is 19.8 Å². The number of aromatic nitrogens is 8. The number of H-pyrrole nitrogens is 2. The van der Waals surface area contributed by atoms with Crippen LogP contribution in [0.4, 0.5) is 11.9 Å². The minimum absolute atomic E-state index is 0.0326. The molecule has 2 fully saturated rings. The second-order valence-corrected chi connectivity index (χ2v) is 10.8. The molecule has 2 aliphatic rings. The predicted octanol–water partition coefficient (Wildman–Crippen LogP) is -2.37. The molecular formula is C23H32N12O6. The van der Waals surface area contributed by atoms with Gasteiger partial charge in [-0.3, -0.25) is 39.3 Å². The fourth-order valence-electron chi connectivity index (χ4n) is 5.47. The van der Waals surface area contributed by atoms with Crippen molar-refractivity contribution >= 4 is 34.2 Å². The van der Waals surface area contributed by atoms with Crippen molar-refractivity contribution in [1.82, 2.24) is 49.7 Å². The zero-order valence-corrected chi connectivity index (χ0v) is 22.3. The summed E-state index contributed by atoms with van der Waals surface area (Å²) in [6, 6.07) is -0.279. The molecule has 6 atom stereocenters. The van der Waals surface area contributed by atoms with Gasteiger partial charge < -0.3 is 31.2 Å². The summed E-state index contributed by atoms with van der Waals surface area (Å²) in [5.41, 5.74) is 10.7. The van der Waals surface area contributed by atoms with Gasteiger partial charge in [0.25, 0.3) is 11.1 Å². The number of aliphatic hydroxyl groups excluding tert-OH is 2. The molecule has 0 unspecified atom stereocenters. The van der Waals surface area contributed by atoms with Crippen LogP contribution in [0.5, 0.6) is 0 Å². The second kappa shape index (κ2) is 10.2. The quantitative estimate of drug-likeness (QED) is 0.103. The Kier molecular flexibility index (Phi) is 6.75. The van der Waals surface area contributed by atoms with E-state index in [0.29, 0.717) is 18.6 Å². The number of hydrogen-bond donors (Lipinski definition) is 8. The number of anilines is 2. The summed E-state index contributed by atoms with van der Waals surface area (Å²) < 4.78 is 15.4. The summed E-state index contributed by atoms with van der Waals surface area (Å²) in [4.78, 5) is 45.7. The lowest BCUT2D eigenvalue weighted by Crippen LogP contribution is -2.59. The first-order valence-electron chi connectivity index (χ1n) is 13.1. The highest BCUT2D eigenvalue weighted by Gasteiger charge is 2.41. The van der Waals surface area contributed by atoms with Gasteiger partial charge in [0.05, 0.1) is 43.2 Å². The highest BCUT2D eigenvalue weighted by Crippen LogP contribution is 2.32. The van der Waals surface area contributed by atoms with Gasteiger partial charge in [0, 0.05) is 25.4 Å². The van der Waals surface area contributed by atoms with Gasteiger partial charge in [0.1, 0.15) is 12.5 Å². The van der Waals surface area contributed by atoms with Crippen LogP contribution in [0.1, 0.15) is 39.1 Å². The average molecular weight is 573 g/mol. The molecule has 0 bridgehead atoms. The molecule has 18 nitrogen and oxygen atoms in total. The lowest BCUT2D eigenvalue weighted by atomic mass is 10.1. The van der Waals surface area contributed by atoms with Gasteiger partial charge in [0.15, 0.2) is 22.3 Å². The van der Waals surface area contributed by atoms with Gasteiger partial charge in [-0.05, 0) is 13.8 Å². The number of nitrogen functional groups attached to an aromatic ring is 2. The van der Waals surface area contributed by atoms with Crippen molar-refractivity contribution in [2.24, 2.45) is 0 Å². The normalized spacial score (nSPS) is 26.9. The molecule has 6 rings (SSSR count). The van der Waals surface area contributed by atoms with Crippen LogP contribution in [0.25, 0.3) is 22.3 Å². The first-order valence-corrected chi connectivity index (χ1v) is 13.1. The molecule has 4 aromatic rings. The Morgan fingerprint density at radius 3 is 2.07 bits per heavy atom. The third-order valence-electron chi connectivity index (χ3n) is 7.43. The number of hydrogen-bond acceptors (Lipinski definition) is 14. The Balaban J connectivity index is 1.11. The minimum Gasteiger partial charge on any atom is -0.394 e. The van der Waals surface area contributed by atoms with Crippen molar-refractivity contribution in [2.75, 3.05) is 24.6 Å². The lowest BCUT2D eigenvalue weighted by molar-refractivity contribution is -0.0298. The van der Waals surface area contributed by atoms with Gasteiger partial charge in [-0.15, -0.1) is 0 Å². The van der Waals surface area contributed by atoms with E-state index in [1.807, 2.05) is 13.8 Å². The molecule has 0 aliphatic carbocycles. The summed E-state index contributed by atoms with van der Waals surface area (Å²) >= 11 is 0. The number of nitrogens with one attached hydrogen (secondary N) is 4. The van der Waals surface area contributed by atoms with Gasteiger partial charge in [-0.2, -0.15) is 9.97 Å². The van der Waals surface area contributed by atoms with Crippen LogP contribution in [0.15, 0.2) is 22.2 Å². The van der Waals surface area contributed by atoms with Crippen molar-refractivity contribution in [3.05, 3.63) is 33.4 Å². The van der Waals surface area contributed by atoms with E-state index >= 15 is 0 Å². The fourth-order valence-corrected chi connectivity index (χ4v) is 5.47. The van der Waals surface area contributed by atoms with E-state index < -0.39 is 47.5 Å². The third kappa shape index (κ3) is 5.04. The molecule has 6 heterocycles. The SMILES string of the molecule is CC(C)(NC[C@H]1O[C@@H](n2cnc3c(=O)[nH]c(N)nc32)C[C@@H]1O)N[C@H]1C[C@H](n2cnc3c(=O)[nH]c(N)nc32)O[C@@H]1CO. The highest BCUT2D eigenvalue weighted by molar-refractivity contribution is 5.71. The Labute approximate surface area is 231 Å². The standard InChI is InChI=1S/C23H32N12O6/c1-23(2,28-5-11-10(37)4-14(40-11)35-8-27-16-18(35)30-22(25)32-20(16)39)33-9-3-13(41-12(9)6-36)34-7-26-15-17(34)29-21(24)31-19(15)38/h7-14,28,33,36-37H,3-6H2,1-2H3,(H3,24,29,31,38)(H3,25,30,32,39)/t9-,10-,11+,12+,13+,14+/m0/s1. The Morgan fingerprint density at radius 1 is 0.976 bits per heavy atom. The predicted molar refractivity (Wildman–Crippen MR) is 144 cm³/mol. The second-order valence-electron chi connectivity index (χ2n) is 10.8. The summed E-state index contributed by atoms with van der Waals surface area (Å²) in [5, 5.41) is 27.6. The molecule has 0 amide bonds. The number of aromatic amines is 2. The van der Waals surface area contributed by atoms with E-state index in [2.05, 4.69) is 40.5 Å². The largest absolute Gasteiger partial charge is 0.394 e. The van der Waals surface area contributed by atoms with Gasteiger partial charge in [0.2, 0.25) is 11.9 Å². The lowest BCUT2D eigenvalue weighted by Gasteiger charge is -2.34. The zero-order chi connectivity index (χ0) is 29.1. The smallest absolute Gasteiger partial charge is 0.280 e. The maximum Gasteiger partial charge on any atom is 0.280 e. The van der Waals surface area contributed by atoms with Crippen molar-refractivity contribution in [2.45, 2.75) is 69.2 Å². The van der Waals surface area contributed by atoms with Gasteiger partial charge in [-0.1, -0.05) is 0 Å². The van der Waals surface area contributed by atoms with Crippen molar-refractivity contribution in [1.29, 1.82) is 0 Å². The number of imidazole rings is 2. The Morgan fingerprint density at radius 2 is 1.51 bits per heavy atom. The van der Waals surface area contributed by atoms with E-state index in [4.69, 9.17) is 20.9 Å². The first-order chi connectivity index (χ1) is 19.5. The number of nitrogens with two attached hydrogens (primary N) is 2. The minimum atomic E-state index is -0.790. The molecule has 0 radical (unpaired) electrons. The van der Waals surface area contributed by atoms with Crippen molar-refractivity contribution in [3.63, 3.8) is 0 Å². The topological polar surface area (TPSA) is 262 Å². The van der Waals surface area contributed by atoms with E-state index in [1.165, 1.54) is 12.7 Å². The summed E-state index contributed by atoms with van der Waals surface area (Å²) in [5.74, 6) is -0.0711. The number of fused-ring (bicyclic) bond motifs is 2. The maximum absolute atomic E-state index is 12.2. The number of ether oxygens (including phenoxy) is 2. The molecule has 220 valence electrons. The molecule has 0 aromatic carbocycles. The van der Waals surface area contributed by atoms with Crippen LogP contribution in [0.3, 0.4) is 0 Å². The number of rotatable bonds is 8. The fraction of sp³-hybridized carbons (Fsp3) is 0.565. The maximum atomic E-state index is 12.2. The first kappa shape index (κ1) is 27.2. The van der Waals surface area contributed by atoms with E-state index in [-0.39, 0.29) is 47.6 Å². The molecule has 10 N–H and O–H groups in total. The van der Waals surface area contributed by atoms with Gasteiger partial charge in [-0.25, -0.2) is 9.97 Å². The Bertz CT molecular complexity index is 1690. The summed E-state index contributed by atoms with van der Waals surface area (Å²) in [6.45, 7) is 3.90. The van der Waals surface area contributed by atoms with Crippen LogP contribution in [0.2, 0.25) is 0 Å². The van der Waals surface area contributed by atoms with Crippen LogP contribution in [-0.4, -0.2) is 92.4 Å². The molecule has 2 aliphatic heterocycles. The molecule has 4 aromatic heterocycles. The summed E-state index contributed by atoms with van der Waals surface area (Å²) in [6.07, 6.45) is 0.598. The highest BCUT2D eigenvalue weighted by atomic mass is 16.5.